The minimum absolute atomic E-state index is 0.814. The van der Waals surface area contributed by atoms with Crippen molar-refractivity contribution in [2.75, 3.05) is 0 Å². The Morgan fingerprint density at radius 2 is 1.94 bits per heavy atom. The van der Waals surface area contributed by atoms with Crippen molar-refractivity contribution in [3.63, 3.8) is 0 Å². The Hall–Kier alpha value is -0.0400. The first-order chi connectivity index (χ1) is 7.83. The standard InChI is InChI=1S/C15H29N/c1-3-5-7-14(6-4-2)16-15-11-12-8-9-13(15)10-12/h12-16H,3-11H2,1-2H3. The van der Waals surface area contributed by atoms with Gasteiger partial charge in [0.1, 0.15) is 0 Å². The van der Waals surface area contributed by atoms with E-state index >= 15 is 0 Å². The van der Waals surface area contributed by atoms with E-state index < -0.39 is 0 Å². The number of hydrogen-bond acceptors (Lipinski definition) is 1. The van der Waals surface area contributed by atoms with Crippen LogP contribution >= 0.6 is 0 Å². The first kappa shape index (κ1) is 12.4. The molecule has 0 amide bonds. The van der Waals surface area contributed by atoms with E-state index in [0.29, 0.717) is 0 Å². The number of unbranched alkanes of at least 4 members (excludes halogenated alkanes) is 1. The molecule has 0 aromatic carbocycles. The summed E-state index contributed by atoms with van der Waals surface area (Å²) in [4.78, 5) is 0. The largest absolute Gasteiger partial charge is 0.311 e. The van der Waals surface area contributed by atoms with Crippen LogP contribution in [0.5, 0.6) is 0 Å². The smallest absolute Gasteiger partial charge is 0.0101 e. The van der Waals surface area contributed by atoms with Gasteiger partial charge in [-0.2, -0.15) is 0 Å². The lowest BCUT2D eigenvalue weighted by molar-refractivity contribution is 0.297. The quantitative estimate of drug-likeness (QED) is 0.684. The van der Waals surface area contributed by atoms with Gasteiger partial charge in [0, 0.05) is 12.1 Å². The molecule has 2 fully saturated rings. The Morgan fingerprint density at radius 3 is 2.50 bits per heavy atom. The average molecular weight is 223 g/mol. The first-order valence-corrected chi connectivity index (χ1v) is 7.59. The van der Waals surface area contributed by atoms with Crippen LogP contribution < -0.4 is 5.32 Å². The van der Waals surface area contributed by atoms with Gasteiger partial charge < -0.3 is 5.32 Å². The zero-order valence-electron chi connectivity index (χ0n) is 11.2. The SMILES string of the molecule is CCCCC(CCC)NC1CC2CCC1C2. The van der Waals surface area contributed by atoms with E-state index in [4.69, 9.17) is 0 Å². The molecule has 0 aliphatic heterocycles. The maximum Gasteiger partial charge on any atom is 0.0101 e. The summed E-state index contributed by atoms with van der Waals surface area (Å²) < 4.78 is 0. The maximum atomic E-state index is 3.98. The lowest BCUT2D eigenvalue weighted by Crippen LogP contribution is -2.41. The van der Waals surface area contributed by atoms with Gasteiger partial charge in [0.05, 0.1) is 0 Å². The third kappa shape index (κ3) is 3.00. The molecular formula is C15H29N. The van der Waals surface area contributed by atoms with Crippen LogP contribution in [0.25, 0.3) is 0 Å². The minimum atomic E-state index is 0.814. The summed E-state index contributed by atoms with van der Waals surface area (Å²) in [5, 5.41) is 3.98. The highest BCUT2D eigenvalue weighted by Crippen LogP contribution is 2.44. The molecule has 4 unspecified atom stereocenters. The second-order valence-electron chi connectivity index (χ2n) is 6.08. The molecule has 1 nitrogen and oxygen atoms in total. The van der Waals surface area contributed by atoms with Gasteiger partial charge in [0.2, 0.25) is 0 Å². The molecule has 2 aliphatic carbocycles. The van der Waals surface area contributed by atoms with E-state index in [1.165, 1.54) is 57.8 Å². The molecular weight excluding hydrogens is 194 g/mol. The molecule has 2 bridgehead atoms. The van der Waals surface area contributed by atoms with E-state index in [-0.39, 0.29) is 0 Å². The topological polar surface area (TPSA) is 12.0 Å². The minimum Gasteiger partial charge on any atom is -0.311 e. The fourth-order valence-electron chi connectivity index (χ4n) is 3.86. The van der Waals surface area contributed by atoms with E-state index in [9.17, 15) is 0 Å². The molecule has 94 valence electrons. The number of nitrogens with one attached hydrogen (secondary N) is 1. The summed E-state index contributed by atoms with van der Waals surface area (Å²) in [5.74, 6) is 2.11. The van der Waals surface area contributed by atoms with E-state index in [1.807, 2.05) is 0 Å². The summed E-state index contributed by atoms with van der Waals surface area (Å²) in [6.07, 6.45) is 12.9. The highest BCUT2D eigenvalue weighted by atomic mass is 15.0. The second kappa shape index (κ2) is 6.05. The van der Waals surface area contributed by atoms with Crippen molar-refractivity contribution >= 4 is 0 Å². The highest BCUT2D eigenvalue weighted by Gasteiger charge is 2.39. The molecule has 2 aliphatic rings. The molecule has 1 N–H and O–H groups in total. The van der Waals surface area contributed by atoms with Gasteiger partial charge in [-0.15, -0.1) is 0 Å². The van der Waals surface area contributed by atoms with E-state index in [2.05, 4.69) is 19.2 Å². The van der Waals surface area contributed by atoms with Crippen molar-refractivity contribution in [3.8, 4) is 0 Å². The average Bonchev–Trinajstić information content (AvgIpc) is 2.88. The maximum absolute atomic E-state index is 3.98. The zero-order chi connectivity index (χ0) is 11.4. The Morgan fingerprint density at radius 1 is 1.06 bits per heavy atom. The van der Waals surface area contributed by atoms with Gasteiger partial charge in [-0.1, -0.05) is 39.5 Å². The molecule has 16 heavy (non-hydrogen) atoms. The Kier molecular flexibility index (Phi) is 4.69. The van der Waals surface area contributed by atoms with Crippen molar-refractivity contribution in [1.82, 2.24) is 5.32 Å². The van der Waals surface area contributed by atoms with Gasteiger partial charge in [0.25, 0.3) is 0 Å². The summed E-state index contributed by atoms with van der Waals surface area (Å²) in [6.45, 7) is 4.63. The van der Waals surface area contributed by atoms with E-state index in [0.717, 1.165) is 23.9 Å². The molecule has 0 heterocycles. The summed E-state index contributed by atoms with van der Waals surface area (Å²) in [7, 11) is 0. The summed E-state index contributed by atoms with van der Waals surface area (Å²) in [5.41, 5.74) is 0. The van der Waals surface area contributed by atoms with Gasteiger partial charge in [-0.25, -0.2) is 0 Å². The van der Waals surface area contributed by atoms with Gasteiger partial charge in [-0.05, 0) is 43.9 Å². The predicted molar refractivity (Wildman–Crippen MR) is 70.6 cm³/mol. The number of fused-ring (bicyclic) bond motifs is 2. The van der Waals surface area contributed by atoms with Crippen LogP contribution in [0.4, 0.5) is 0 Å². The second-order valence-corrected chi connectivity index (χ2v) is 6.08. The molecule has 0 saturated heterocycles. The van der Waals surface area contributed by atoms with Crippen LogP contribution in [-0.4, -0.2) is 12.1 Å². The summed E-state index contributed by atoms with van der Waals surface area (Å²) >= 11 is 0. The van der Waals surface area contributed by atoms with Crippen LogP contribution in [0, 0.1) is 11.8 Å². The molecule has 0 aromatic rings. The van der Waals surface area contributed by atoms with Crippen molar-refractivity contribution < 1.29 is 0 Å². The van der Waals surface area contributed by atoms with Crippen LogP contribution in [0.3, 0.4) is 0 Å². The fourth-order valence-corrected chi connectivity index (χ4v) is 3.86. The third-order valence-corrected chi connectivity index (χ3v) is 4.73. The fraction of sp³-hybridized carbons (Fsp3) is 1.00. The van der Waals surface area contributed by atoms with Gasteiger partial charge in [0.15, 0.2) is 0 Å². The third-order valence-electron chi connectivity index (χ3n) is 4.73. The lowest BCUT2D eigenvalue weighted by atomic mass is 9.93. The zero-order valence-corrected chi connectivity index (χ0v) is 11.2. The normalized spacial score (nSPS) is 34.5. The van der Waals surface area contributed by atoms with E-state index in [1.54, 1.807) is 0 Å². The Labute approximate surface area is 101 Å². The number of hydrogen-bond donors (Lipinski definition) is 1. The molecule has 2 rings (SSSR count). The number of rotatable bonds is 7. The molecule has 0 radical (unpaired) electrons. The lowest BCUT2D eigenvalue weighted by Gasteiger charge is -2.28. The Balaban J connectivity index is 1.76. The molecule has 0 aromatic heterocycles. The van der Waals surface area contributed by atoms with Crippen molar-refractivity contribution in [3.05, 3.63) is 0 Å². The van der Waals surface area contributed by atoms with Crippen molar-refractivity contribution in [1.29, 1.82) is 0 Å². The van der Waals surface area contributed by atoms with Crippen LogP contribution in [0.1, 0.15) is 71.6 Å². The van der Waals surface area contributed by atoms with Crippen molar-refractivity contribution in [2.24, 2.45) is 11.8 Å². The summed E-state index contributed by atoms with van der Waals surface area (Å²) in [6, 6.07) is 1.70. The first-order valence-electron chi connectivity index (χ1n) is 7.59. The predicted octanol–water partition coefficient (Wildman–Crippen LogP) is 4.12. The van der Waals surface area contributed by atoms with Crippen LogP contribution in [-0.2, 0) is 0 Å². The van der Waals surface area contributed by atoms with Gasteiger partial charge >= 0.3 is 0 Å². The van der Waals surface area contributed by atoms with Crippen molar-refractivity contribution in [2.45, 2.75) is 83.7 Å². The van der Waals surface area contributed by atoms with Gasteiger partial charge in [-0.3, -0.25) is 0 Å². The monoisotopic (exact) mass is 223 g/mol. The molecule has 2 saturated carbocycles. The van der Waals surface area contributed by atoms with Crippen LogP contribution in [0.15, 0.2) is 0 Å². The molecule has 1 heteroatoms. The molecule has 4 atom stereocenters. The van der Waals surface area contributed by atoms with Crippen LogP contribution in [0.2, 0.25) is 0 Å². The molecule has 0 spiro atoms. The highest BCUT2D eigenvalue weighted by molar-refractivity contribution is 4.95. The Bertz CT molecular complexity index is 202.